The summed E-state index contributed by atoms with van der Waals surface area (Å²) in [7, 11) is -1.90. The predicted molar refractivity (Wildman–Crippen MR) is 129 cm³/mol. The number of hydrogen-bond acceptors (Lipinski definition) is 6. The maximum atomic E-state index is 13.1. The van der Waals surface area contributed by atoms with Crippen molar-refractivity contribution in [2.45, 2.75) is 83.7 Å². The van der Waals surface area contributed by atoms with Gasteiger partial charge >= 0.3 is 12.1 Å². The van der Waals surface area contributed by atoms with E-state index in [9.17, 15) is 19.5 Å². The van der Waals surface area contributed by atoms with Crippen LogP contribution in [0.15, 0.2) is 23.9 Å². The Kier molecular flexibility index (Phi) is 7.67. The molecule has 8 nitrogen and oxygen atoms in total. The van der Waals surface area contributed by atoms with Crippen LogP contribution in [0, 0.1) is 17.8 Å². The summed E-state index contributed by atoms with van der Waals surface area (Å²) >= 11 is 0. The first-order valence-electron chi connectivity index (χ1n) is 12.2. The van der Waals surface area contributed by atoms with Crippen LogP contribution in [0.2, 0.25) is 18.1 Å². The van der Waals surface area contributed by atoms with Gasteiger partial charge in [0.05, 0.1) is 12.0 Å². The molecule has 1 N–H and O–H groups in total. The summed E-state index contributed by atoms with van der Waals surface area (Å²) in [6, 6.07) is -0.292. The molecular formula is C25H39NO7Si. The molecule has 1 aliphatic carbocycles. The van der Waals surface area contributed by atoms with Crippen molar-refractivity contribution in [2.24, 2.45) is 17.8 Å². The molecule has 9 heteroatoms. The Bertz CT molecular complexity index is 875. The molecule has 3 rings (SSSR count). The van der Waals surface area contributed by atoms with Gasteiger partial charge in [-0.2, -0.15) is 0 Å². The standard InChI is InChI=1S/C25H39NO7Si/c1-8-13-31-24(30)33-15(2)18-20-17-11-9-10-16(12-14-32-34(6,7)25(3,4)5)19(17)21(23(28)29)26(20)22(18)27/h8,15-18,20H,1,9-14H2,2-7H3,(H,28,29)/t15-,16?,17-,18-,20-/m1/s1. The first-order valence-corrected chi connectivity index (χ1v) is 15.1. The topological polar surface area (TPSA) is 102 Å². The van der Waals surface area contributed by atoms with Crippen molar-refractivity contribution in [1.29, 1.82) is 0 Å². The zero-order valence-electron chi connectivity index (χ0n) is 21.3. The fourth-order valence-electron chi connectivity index (χ4n) is 5.35. The molecule has 1 unspecified atom stereocenters. The average Bonchev–Trinajstić information content (AvgIpc) is 3.03. The SMILES string of the molecule is C=CCOC(=O)O[C@H](C)[C@H]1C(=O)N2C(C(=O)O)=C3C(CCO[Si](C)(C)C(C)(C)C)CCC[C@H]3[C@H]12. The van der Waals surface area contributed by atoms with Crippen molar-refractivity contribution < 1.29 is 33.4 Å². The summed E-state index contributed by atoms with van der Waals surface area (Å²) < 4.78 is 16.6. The second-order valence-corrected chi connectivity index (χ2v) is 15.9. The highest BCUT2D eigenvalue weighted by Crippen LogP contribution is 2.54. The third kappa shape index (κ3) is 4.82. The number of hydrogen-bond donors (Lipinski definition) is 1. The summed E-state index contributed by atoms with van der Waals surface area (Å²) in [4.78, 5) is 38.7. The van der Waals surface area contributed by atoms with Crippen LogP contribution < -0.4 is 0 Å². The van der Waals surface area contributed by atoms with Gasteiger partial charge in [-0.3, -0.25) is 4.79 Å². The van der Waals surface area contributed by atoms with Gasteiger partial charge in [-0.1, -0.05) is 39.8 Å². The lowest BCUT2D eigenvalue weighted by molar-refractivity contribution is -0.164. The number of amides is 1. The van der Waals surface area contributed by atoms with Crippen LogP contribution in [-0.4, -0.2) is 61.7 Å². The first kappa shape index (κ1) is 26.5. The Balaban J connectivity index is 1.76. The highest BCUT2D eigenvalue weighted by molar-refractivity contribution is 6.74. The van der Waals surface area contributed by atoms with Gasteiger partial charge in [0, 0.05) is 12.5 Å². The highest BCUT2D eigenvalue weighted by atomic mass is 28.4. The molecular weight excluding hydrogens is 454 g/mol. The molecule has 0 aromatic carbocycles. The van der Waals surface area contributed by atoms with Crippen LogP contribution in [0.5, 0.6) is 0 Å². The summed E-state index contributed by atoms with van der Waals surface area (Å²) in [6.07, 6.45) is 3.30. The highest BCUT2D eigenvalue weighted by Gasteiger charge is 2.63. The molecule has 1 saturated carbocycles. The number of fused-ring (bicyclic) bond motifs is 3. The van der Waals surface area contributed by atoms with Gasteiger partial charge in [0.1, 0.15) is 18.4 Å². The van der Waals surface area contributed by atoms with Gasteiger partial charge < -0.3 is 23.9 Å². The number of carboxylic acid groups (broad SMARTS) is 1. The van der Waals surface area contributed by atoms with E-state index in [0.29, 0.717) is 6.61 Å². The molecule has 0 spiro atoms. The molecule has 34 heavy (non-hydrogen) atoms. The van der Waals surface area contributed by atoms with Gasteiger partial charge in [0.25, 0.3) is 0 Å². The van der Waals surface area contributed by atoms with Crippen molar-refractivity contribution in [1.82, 2.24) is 4.90 Å². The fourth-order valence-corrected chi connectivity index (χ4v) is 6.41. The third-order valence-corrected chi connectivity index (χ3v) is 12.6. The minimum atomic E-state index is -1.90. The first-order chi connectivity index (χ1) is 15.8. The molecule has 0 radical (unpaired) electrons. The molecule has 2 fully saturated rings. The Morgan fingerprint density at radius 1 is 1.29 bits per heavy atom. The second kappa shape index (κ2) is 9.85. The molecule has 2 heterocycles. The number of carboxylic acids is 1. The van der Waals surface area contributed by atoms with E-state index in [-0.39, 0.29) is 41.1 Å². The molecule has 0 bridgehead atoms. The monoisotopic (exact) mass is 493 g/mol. The lowest BCUT2D eigenvalue weighted by atomic mass is 9.69. The minimum Gasteiger partial charge on any atom is -0.477 e. The van der Waals surface area contributed by atoms with Crippen LogP contribution in [-0.2, 0) is 23.5 Å². The molecule has 1 amide bonds. The van der Waals surface area contributed by atoms with E-state index in [1.807, 2.05) is 0 Å². The normalized spacial score (nSPS) is 27.5. The van der Waals surface area contributed by atoms with E-state index in [0.717, 1.165) is 31.3 Å². The zero-order valence-corrected chi connectivity index (χ0v) is 22.3. The number of aliphatic carboxylic acids is 1. The number of ether oxygens (including phenoxy) is 2. The van der Waals surface area contributed by atoms with E-state index in [1.54, 1.807) is 6.92 Å². The van der Waals surface area contributed by atoms with Crippen molar-refractivity contribution in [3.8, 4) is 0 Å². The number of rotatable bonds is 9. The van der Waals surface area contributed by atoms with Crippen molar-refractivity contribution in [3.63, 3.8) is 0 Å². The smallest absolute Gasteiger partial charge is 0.477 e. The van der Waals surface area contributed by atoms with E-state index in [1.165, 1.54) is 11.0 Å². The second-order valence-electron chi connectivity index (χ2n) is 11.1. The van der Waals surface area contributed by atoms with Gasteiger partial charge in [-0.25, -0.2) is 9.59 Å². The predicted octanol–water partition coefficient (Wildman–Crippen LogP) is 4.72. The maximum Gasteiger partial charge on any atom is 0.508 e. The lowest BCUT2D eigenvalue weighted by Crippen LogP contribution is -2.64. The van der Waals surface area contributed by atoms with Crippen LogP contribution in [0.1, 0.15) is 53.4 Å². The van der Waals surface area contributed by atoms with E-state index in [4.69, 9.17) is 13.9 Å². The summed E-state index contributed by atoms with van der Waals surface area (Å²) in [6.45, 7) is 16.8. The molecule has 0 aromatic rings. The number of carbonyl (C=O) groups excluding carboxylic acids is 2. The molecule has 0 aromatic heterocycles. The van der Waals surface area contributed by atoms with Gasteiger partial charge in [0.2, 0.25) is 5.91 Å². The zero-order chi connectivity index (χ0) is 25.4. The minimum absolute atomic E-state index is 0.0236. The lowest BCUT2D eigenvalue weighted by Gasteiger charge is -2.48. The van der Waals surface area contributed by atoms with E-state index < -0.39 is 32.5 Å². The summed E-state index contributed by atoms with van der Waals surface area (Å²) in [5.41, 5.74) is 1.01. The fraction of sp³-hybridized carbons (Fsp3) is 0.720. The van der Waals surface area contributed by atoms with Crippen LogP contribution >= 0.6 is 0 Å². The Morgan fingerprint density at radius 3 is 2.56 bits per heavy atom. The van der Waals surface area contributed by atoms with Gasteiger partial charge in [-0.15, -0.1) is 0 Å². The Labute approximate surface area is 203 Å². The molecule has 3 aliphatic rings. The van der Waals surface area contributed by atoms with Crippen LogP contribution in [0.25, 0.3) is 0 Å². The Hall–Kier alpha value is -2.13. The number of nitrogens with zero attached hydrogens (tertiary/aromatic N) is 1. The van der Waals surface area contributed by atoms with E-state index in [2.05, 4.69) is 40.4 Å². The maximum absolute atomic E-state index is 13.1. The molecule has 1 saturated heterocycles. The summed E-state index contributed by atoms with van der Waals surface area (Å²) in [5.74, 6) is -1.90. The summed E-state index contributed by atoms with van der Waals surface area (Å²) in [5, 5.41) is 10.2. The van der Waals surface area contributed by atoms with Gasteiger partial charge in [0.15, 0.2) is 8.32 Å². The number of carbonyl (C=O) groups is 3. The number of β-lactam (4-membered cyclic amide) rings is 1. The van der Waals surface area contributed by atoms with E-state index >= 15 is 0 Å². The quantitative estimate of drug-likeness (QED) is 0.214. The molecule has 5 atom stereocenters. The van der Waals surface area contributed by atoms with Gasteiger partial charge in [-0.05, 0) is 55.8 Å². The Morgan fingerprint density at radius 2 is 1.97 bits per heavy atom. The molecule has 190 valence electrons. The molecule has 2 aliphatic heterocycles. The van der Waals surface area contributed by atoms with Crippen molar-refractivity contribution >= 4 is 26.3 Å². The van der Waals surface area contributed by atoms with Crippen molar-refractivity contribution in [3.05, 3.63) is 23.9 Å². The van der Waals surface area contributed by atoms with Crippen LogP contribution in [0.3, 0.4) is 0 Å². The van der Waals surface area contributed by atoms with Crippen LogP contribution in [0.4, 0.5) is 4.79 Å². The average molecular weight is 494 g/mol. The van der Waals surface area contributed by atoms with Crippen molar-refractivity contribution in [2.75, 3.05) is 13.2 Å². The largest absolute Gasteiger partial charge is 0.508 e. The third-order valence-electron chi connectivity index (χ3n) is 8.07.